The van der Waals surface area contributed by atoms with E-state index in [1.807, 2.05) is 13.8 Å². The standard InChI is InChI=1S/C11H23NO/c1-6-7-10(8(2)3)11(13)12-9(4)5/h8-10H,6-7H2,1-5H3,(H,12,13). The lowest BCUT2D eigenvalue weighted by Crippen LogP contribution is -2.37. The molecule has 2 heteroatoms. The van der Waals surface area contributed by atoms with Crippen LogP contribution in [0.2, 0.25) is 0 Å². The zero-order valence-corrected chi connectivity index (χ0v) is 9.55. The van der Waals surface area contributed by atoms with Crippen molar-refractivity contribution in [2.24, 2.45) is 11.8 Å². The molecule has 0 aromatic heterocycles. The summed E-state index contributed by atoms with van der Waals surface area (Å²) in [6, 6.07) is 0.255. The summed E-state index contributed by atoms with van der Waals surface area (Å²) in [5.41, 5.74) is 0. The Kier molecular flexibility index (Phi) is 5.76. The van der Waals surface area contributed by atoms with Crippen LogP contribution in [0.3, 0.4) is 0 Å². The van der Waals surface area contributed by atoms with Gasteiger partial charge in [0.25, 0.3) is 0 Å². The molecule has 0 aliphatic rings. The maximum atomic E-state index is 11.7. The highest BCUT2D eigenvalue weighted by Gasteiger charge is 2.21. The first-order valence-corrected chi connectivity index (χ1v) is 5.29. The van der Waals surface area contributed by atoms with Crippen molar-refractivity contribution in [2.45, 2.75) is 53.5 Å². The molecule has 1 unspecified atom stereocenters. The van der Waals surface area contributed by atoms with E-state index in [1.165, 1.54) is 0 Å². The molecule has 0 saturated carbocycles. The summed E-state index contributed by atoms with van der Waals surface area (Å²) in [6.07, 6.45) is 2.07. The molecule has 1 amide bonds. The van der Waals surface area contributed by atoms with Crippen molar-refractivity contribution in [3.05, 3.63) is 0 Å². The molecular weight excluding hydrogens is 162 g/mol. The Labute approximate surface area is 82.1 Å². The zero-order valence-electron chi connectivity index (χ0n) is 9.55. The van der Waals surface area contributed by atoms with Gasteiger partial charge in [0.05, 0.1) is 0 Å². The van der Waals surface area contributed by atoms with Gasteiger partial charge in [0.15, 0.2) is 0 Å². The third-order valence-corrected chi connectivity index (χ3v) is 2.17. The summed E-state index contributed by atoms with van der Waals surface area (Å²) in [4.78, 5) is 11.7. The molecule has 0 bridgehead atoms. The first kappa shape index (κ1) is 12.5. The summed E-state index contributed by atoms with van der Waals surface area (Å²) < 4.78 is 0. The Hall–Kier alpha value is -0.530. The second-order valence-corrected chi connectivity index (χ2v) is 4.30. The van der Waals surface area contributed by atoms with Crippen molar-refractivity contribution in [1.29, 1.82) is 0 Å². The Morgan fingerprint density at radius 2 is 1.77 bits per heavy atom. The number of amides is 1. The van der Waals surface area contributed by atoms with Gasteiger partial charge in [0, 0.05) is 12.0 Å². The van der Waals surface area contributed by atoms with Gasteiger partial charge in [-0.25, -0.2) is 0 Å². The minimum Gasteiger partial charge on any atom is -0.354 e. The van der Waals surface area contributed by atoms with Crippen LogP contribution in [-0.4, -0.2) is 11.9 Å². The van der Waals surface area contributed by atoms with Crippen LogP contribution >= 0.6 is 0 Å². The molecule has 1 N–H and O–H groups in total. The predicted octanol–water partition coefficient (Wildman–Crippen LogP) is 2.58. The number of rotatable bonds is 5. The summed E-state index contributed by atoms with van der Waals surface area (Å²) >= 11 is 0. The zero-order chi connectivity index (χ0) is 10.4. The monoisotopic (exact) mass is 185 g/mol. The van der Waals surface area contributed by atoms with Crippen LogP contribution in [0, 0.1) is 11.8 Å². The number of nitrogens with one attached hydrogen (secondary N) is 1. The average Bonchev–Trinajstić information content (AvgIpc) is 1.97. The number of carbonyl (C=O) groups is 1. The minimum absolute atomic E-state index is 0.187. The molecular formula is C11H23NO. The summed E-state index contributed by atoms with van der Waals surface area (Å²) in [6.45, 7) is 10.3. The number of hydrogen-bond acceptors (Lipinski definition) is 1. The highest BCUT2D eigenvalue weighted by molar-refractivity contribution is 5.79. The fourth-order valence-corrected chi connectivity index (χ4v) is 1.47. The fourth-order valence-electron chi connectivity index (χ4n) is 1.47. The molecule has 0 fully saturated rings. The van der Waals surface area contributed by atoms with Crippen LogP contribution in [0.5, 0.6) is 0 Å². The van der Waals surface area contributed by atoms with Crippen molar-refractivity contribution >= 4 is 5.91 Å². The molecule has 0 heterocycles. The highest BCUT2D eigenvalue weighted by Crippen LogP contribution is 2.17. The Morgan fingerprint density at radius 1 is 1.23 bits per heavy atom. The van der Waals surface area contributed by atoms with Gasteiger partial charge in [-0.05, 0) is 26.2 Å². The largest absolute Gasteiger partial charge is 0.354 e. The second kappa shape index (κ2) is 6.01. The lowest BCUT2D eigenvalue weighted by molar-refractivity contribution is -0.127. The normalized spacial score (nSPS) is 13.5. The molecule has 0 aliphatic heterocycles. The minimum atomic E-state index is 0.187. The van der Waals surface area contributed by atoms with E-state index in [9.17, 15) is 4.79 Å². The van der Waals surface area contributed by atoms with E-state index in [1.54, 1.807) is 0 Å². The molecule has 2 nitrogen and oxygen atoms in total. The van der Waals surface area contributed by atoms with Gasteiger partial charge in [-0.15, -0.1) is 0 Å². The Balaban J connectivity index is 4.11. The van der Waals surface area contributed by atoms with Gasteiger partial charge in [-0.2, -0.15) is 0 Å². The fraction of sp³-hybridized carbons (Fsp3) is 0.909. The molecule has 0 rings (SSSR count). The topological polar surface area (TPSA) is 29.1 Å². The SMILES string of the molecule is CCCC(C(=O)NC(C)C)C(C)C. The first-order valence-electron chi connectivity index (χ1n) is 5.29. The molecule has 0 aliphatic carbocycles. The Morgan fingerprint density at radius 3 is 2.08 bits per heavy atom. The van der Waals surface area contributed by atoms with E-state index in [0.29, 0.717) is 5.92 Å². The molecule has 0 spiro atoms. The van der Waals surface area contributed by atoms with Crippen molar-refractivity contribution < 1.29 is 4.79 Å². The van der Waals surface area contributed by atoms with E-state index < -0.39 is 0 Å². The summed E-state index contributed by atoms with van der Waals surface area (Å²) in [7, 11) is 0. The first-order chi connectivity index (χ1) is 5.99. The Bertz CT molecular complexity index is 152. The third kappa shape index (κ3) is 4.91. The molecule has 0 aromatic carbocycles. The van der Waals surface area contributed by atoms with Crippen molar-refractivity contribution in [3.8, 4) is 0 Å². The molecule has 0 aromatic rings. The smallest absolute Gasteiger partial charge is 0.223 e. The van der Waals surface area contributed by atoms with Crippen molar-refractivity contribution in [3.63, 3.8) is 0 Å². The van der Waals surface area contributed by atoms with Crippen molar-refractivity contribution in [1.82, 2.24) is 5.32 Å². The van der Waals surface area contributed by atoms with Crippen LogP contribution in [0.1, 0.15) is 47.5 Å². The number of carbonyl (C=O) groups excluding carboxylic acids is 1. The second-order valence-electron chi connectivity index (χ2n) is 4.30. The number of hydrogen-bond donors (Lipinski definition) is 1. The predicted molar refractivity (Wildman–Crippen MR) is 56.5 cm³/mol. The van der Waals surface area contributed by atoms with Crippen LogP contribution in [-0.2, 0) is 4.79 Å². The van der Waals surface area contributed by atoms with Gasteiger partial charge in [-0.3, -0.25) is 4.79 Å². The summed E-state index contributed by atoms with van der Waals surface area (Å²) in [5.74, 6) is 0.845. The van der Waals surface area contributed by atoms with Crippen LogP contribution in [0.4, 0.5) is 0 Å². The lowest BCUT2D eigenvalue weighted by atomic mass is 9.90. The molecule has 13 heavy (non-hydrogen) atoms. The van der Waals surface area contributed by atoms with E-state index in [2.05, 4.69) is 26.1 Å². The quantitative estimate of drug-likeness (QED) is 0.701. The van der Waals surface area contributed by atoms with Crippen LogP contribution < -0.4 is 5.32 Å². The van der Waals surface area contributed by atoms with Crippen LogP contribution in [0.15, 0.2) is 0 Å². The summed E-state index contributed by atoms with van der Waals surface area (Å²) in [5, 5.41) is 2.97. The maximum absolute atomic E-state index is 11.7. The molecule has 0 radical (unpaired) electrons. The highest BCUT2D eigenvalue weighted by atomic mass is 16.1. The van der Waals surface area contributed by atoms with Gasteiger partial charge >= 0.3 is 0 Å². The van der Waals surface area contributed by atoms with E-state index in [0.717, 1.165) is 12.8 Å². The van der Waals surface area contributed by atoms with E-state index in [-0.39, 0.29) is 17.9 Å². The third-order valence-electron chi connectivity index (χ3n) is 2.17. The van der Waals surface area contributed by atoms with Gasteiger partial charge < -0.3 is 5.32 Å². The van der Waals surface area contributed by atoms with E-state index in [4.69, 9.17) is 0 Å². The molecule has 0 saturated heterocycles. The van der Waals surface area contributed by atoms with Gasteiger partial charge in [-0.1, -0.05) is 27.2 Å². The van der Waals surface area contributed by atoms with Gasteiger partial charge in [0.2, 0.25) is 5.91 Å². The maximum Gasteiger partial charge on any atom is 0.223 e. The average molecular weight is 185 g/mol. The molecule has 78 valence electrons. The van der Waals surface area contributed by atoms with E-state index >= 15 is 0 Å². The molecule has 1 atom stereocenters. The van der Waals surface area contributed by atoms with Gasteiger partial charge in [0.1, 0.15) is 0 Å². The van der Waals surface area contributed by atoms with Crippen molar-refractivity contribution in [2.75, 3.05) is 0 Å². The van der Waals surface area contributed by atoms with Crippen LogP contribution in [0.25, 0.3) is 0 Å². The lowest BCUT2D eigenvalue weighted by Gasteiger charge is -2.20.